The molecule has 7 heteroatoms. The first-order valence-corrected chi connectivity index (χ1v) is 6.70. The minimum atomic E-state index is -0.668. The van der Waals surface area contributed by atoms with Crippen LogP contribution in [-0.2, 0) is 0 Å². The summed E-state index contributed by atoms with van der Waals surface area (Å²) in [4.78, 5) is 4.20. The lowest BCUT2D eigenvalue weighted by Gasteiger charge is -2.08. The van der Waals surface area contributed by atoms with Gasteiger partial charge in [-0.1, -0.05) is 40.9 Å². The summed E-state index contributed by atoms with van der Waals surface area (Å²) in [5.41, 5.74) is 7.67. The van der Waals surface area contributed by atoms with Crippen LogP contribution < -0.4 is 5.73 Å². The average Bonchev–Trinajstić information content (AvgIpc) is 2.73. The van der Waals surface area contributed by atoms with Gasteiger partial charge in [-0.05, 0) is 24.3 Å². The second-order valence-corrected chi connectivity index (χ2v) is 5.36. The third-order valence-corrected chi connectivity index (χ3v) is 3.74. The van der Waals surface area contributed by atoms with Gasteiger partial charge in [0.1, 0.15) is 5.52 Å². The van der Waals surface area contributed by atoms with E-state index in [1.807, 2.05) is 0 Å². The molecule has 0 saturated heterocycles. The molecule has 0 unspecified atom stereocenters. The Balaban J connectivity index is 2.35. The molecular formula is C13H7Cl3FN3. The van der Waals surface area contributed by atoms with Crippen LogP contribution in [0.3, 0.4) is 0 Å². The average molecular weight is 331 g/mol. The van der Waals surface area contributed by atoms with E-state index in [2.05, 4.69) is 4.98 Å². The highest BCUT2D eigenvalue weighted by atomic mass is 35.5. The van der Waals surface area contributed by atoms with Crippen molar-refractivity contribution < 1.29 is 4.39 Å². The van der Waals surface area contributed by atoms with Crippen molar-refractivity contribution in [3.05, 3.63) is 51.2 Å². The van der Waals surface area contributed by atoms with Gasteiger partial charge in [0.05, 0.1) is 26.3 Å². The molecule has 0 fully saturated rings. The van der Waals surface area contributed by atoms with Gasteiger partial charge in [0.25, 0.3) is 0 Å². The van der Waals surface area contributed by atoms with E-state index in [4.69, 9.17) is 40.5 Å². The second kappa shape index (κ2) is 4.81. The highest BCUT2D eigenvalue weighted by Gasteiger charge is 2.15. The molecule has 0 spiro atoms. The Labute approximate surface area is 128 Å². The zero-order chi connectivity index (χ0) is 14.4. The molecule has 1 heterocycles. The quantitative estimate of drug-likeness (QED) is 0.657. The zero-order valence-corrected chi connectivity index (χ0v) is 12.1. The van der Waals surface area contributed by atoms with Crippen molar-refractivity contribution in [1.82, 2.24) is 9.55 Å². The van der Waals surface area contributed by atoms with Crippen LogP contribution in [0.4, 0.5) is 10.3 Å². The van der Waals surface area contributed by atoms with E-state index < -0.39 is 5.82 Å². The Kier molecular flexibility index (Phi) is 3.24. The van der Waals surface area contributed by atoms with Crippen molar-refractivity contribution in [2.45, 2.75) is 0 Å². The molecule has 0 aliphatic heterocycles. The van der Waals surface area contributed by atoms with Crippen LogP contribution in [0.5, 0.6) is 0 Å². The van der Waals surface area contributed by atoms with Crippen LogP contribution >= 0.6 is 34.8 Å². The number of halogens is 4. The number of anilines is 1. The fraction of sp³-hybridized carbons (Fsp3) is 0. The Morgan fingerprint density at radius 1 is 1.05 bits per heavy atom. The standard InChI is InChI=1S/C13H7Cl3FN3/c14-7-2-1-3-10-12(7)19-13(18)20(10)6-4-8(15)11(17)9(16)5-6/h1-5H,(H2,18,19). The first kappa shape index (κ1) is 13.5. The molecule has 0 bridgehead atoms. The first-order chi connectivity index (χ1) is 9.49. The van der Waals surface area contributed by atoms with Gasteiger partial charge in [-0.3, -0.25) is 4.57 Å². The van der Waals surface area contributed by atoms with Crippen molar-refractivity contribution in [2.24, 2.45) is 0 Å². The van der Waals surface area contributed by atoms with Crippen molar-refractivity contribution >= 4 is 51.8 Å². The van der Waals surface area contributed by atoms with E-state index >= 15 is 0 Å². The fourth-order valence-corrected chi connectivity index (χ4v) is 2.71. The highest BCUT2D eigenvalue weighted by Crippen LogP contribution is 2.32. The fourth-order valence-electron chi connectivity index (χ4n) is 2.03. The number of para-hydroxylation sites is 1. The lowest BCUT2D eigenvalue weighted by atomic mass is 10.2. The van der Waals surface area contributed by atoms with Gasteiger partial charge in [-0.15, -0.1) is 0 Å². The van der Waals surface area contributed by atoms with Gasteiger partial charge in [0, 0.05) is 0 Å². The summed E-state index contributed by atoms with van der Waals surface area (Å²) in [5.74, 6) is -0.454. The van der Waals surface area contributed by atoms with Crippen molar-refractivity contribution in [3.8, 4) is 5.69 Å². The van der Waals surface area contributed by atoms with Crippen LogP contribution in [0, 0.1) is 5.82 Å². The van der Waals surface area contributed by atoms with Gasteiger partial charge in [0.15, 0.2) is 5.82 Å². The summed E-state index contributed by atoms with van der Waals surface area (Å²) in [6.07, 6.45) is 0. The molecule has 2 N–H and O–H groups in total. The molecule has 102 valence electrons. The predicted molar refractivity (Wildman–Crippen MR) is 80.5 cm³/mol. The molecule has 2 aromatic carbocycles. The van der Waals surface area contributed by atoms with E-state index in [1.54, 1.807) is 22.8 Å². The normalized spacial score (nSPS) is 11.2. The summed E-state index contributed by atoms with van der Waals surface area (Å²) in [5, 5.41) is 0.304. The van der Waals surface area contributed by atoms with Gasteiger partial charge in [0.2, 0.25) is 5.95 Å². The maximum absolute atomic E-state index is 13.5. The van der Waals surface area contributed by atoms with Gasteiger partial charge in [-0.25, -0.2) is 9.37 Å². The van der Waals surface area contributed by atoms with Crippen molar-refractivity contribution in [1.29, 1.82) is 0 Å². The zero-order valence-electron chi connectivity index (χ0n) is 9.87. The number of benzene rings is 2. The molecule has 3 rings (SSSR count). The number of hydrogen-bond acceptors (Lipinski definition) is 2. The summed E-state index contributed by atoms with van der Waals surface area (Å²) >= 11 is 17.7. The number of nitrogens with two attached hydrogens (primary N) is 1. The summed E-state index contributed by atoms with van der Waals surface area (Å²) in [6.45, 7) is 0. The minimum Gasteiger partial charge on any atom is -0.369 e. The van der Waals surface area contributed by atoms with E-state index in [9.17, 15) is 4.39 Å². The number of nitrogen functional groups attached to an aromatic ring is 1. The topological polar surface area (TPSA) is 43.8 Å². The number of rotatable bonds is 1. The van der Waals surface area contributed by atoms with Crippen LogP contribution in [0.15, 0.2) is 30.3 Å². The summed E-state index contributed by atoms with van der Waals surface area (Å²) in [6, 6.07) is 8.15. The molecule has 0 aliphatic rings. The van der Waals surface area contributed by atoms with E-state index in [0.29, 0.717) is 21.7 Å². The summed E-state index contributed by atoms with van der Waals surface area (Å²) in [7, 11) is 0. The van der Waals surface area contributed by atoms with Crippen LogP contribution in [0.1, 0.15) is 0 Å². The van der Waals surface area contributed by atoms with Crippen LogP contribution in [0.25, 0.3) is 16.7 Å². The Morgan fingerprint density at radius 3 is 2.35 bits per heavy atom. The summed E-state index contributed by atoms with van der Waals surface area (Å²) < 4.78 is 15.1. The van der Waals surface area contributed by atoms with E-state index in [1.165, 1.54) is 12.1 Å². The molecule has 1 aromatic heterocycles. The minimum absolute atomic E-state index is 0.0872. The molecule has 0 radical (unpaired) electrons. The number of aromatic nitrogens is 2. The lowest BCUT2D eigenvalue weighted by Crippen LogP contribution is -2.01. The van der Waals surface area contributed by atoms with E-state index in [0.717, 1.165) is 0 Å². The Morgan fingerprint density at radius 2 is 1.70 bits per heavy atom. The Bertz CT molecular complexity index is 806. The van der Waals surface area contributed by atoms with Gasteiger partial charge in [-0.2, -0.15) is 0 Å². The molecule has 0 atom stereocenters. The molecule has 0 saturated carbocycles. The molecule has 3 aromatic rings. The van der Waals surface area contributed by atoms with Gasteiger partial charge < -0.3 is 5.73 Å². The molecule has 0 aliphatic carbocycles. The number of hydrogen-bond donors (Lipinski definition) is 1. The molecule has 0 amide bonds. The molecular weight excluding hydrogens is 324 g/mol. The smallest absolute Gasteiger partial charge is 0.205 e. The number of imidazole rings is 1. The molecule has 20 heavy (non-hydrogen) atoms. The van der Waals surface area contributed by atoms with Crippen LogP contribution in [0.2, 0.25) is 15.1 Å². The van der Waals surface area contributed by atoms with E-state index in [-0.39, 0.29) is 16.0 Å². The van der Waals surface area contributed by atoms with Gasteiger partial charge >= 0.3 is 0 Å². The lowest BCUT2D eigenvalue weighted by molar-refractivity contribution is 0.628. The number of fused-ring (bicyclic) bond motifs is 1. The monoisotopic (exact) mass is 329 g/mol. The Hall–Kier alpha value is -1.49. The highest BCUT2D eigenvalue weighted by molar-refractivity contribution is 6.35. The van der Waals surface area contributed by atoms with Crippen molar-refractivity contribution in [2.75, 3.05) is 5.73 Å². The third kappa shape index (κ3) is 2.00. The van der Waals surface area contributed by atoms with Crippen LogP contribution in [-0.4, -0.2) is 9.55 Å². The third-order valence-electron chi connectivity index (χ3n) is 2.89. The maximum Gasteiger partial charge on any atom is 0.205 e. The second-order valence-electron chi connectivity index (χ2n) is 4.14. The largest absolute Gasteiger partial charge is 0.369 e. The predicted octanol–water partition coefficient (Wildman–Crippen LogP) is 4.71. The van der Waals surface area contributed by atoms with Crippen molar-refractivity contribution in [3.63, 3.8) is 0 Å². The maximum atomic E-state index is 13.5. The number of nitrogens with zero attached hydrogens (tertiary/aromatic N) is 2. The molecule has 3 nitrogen and oxygen atoms in total. The first-order valence-electron chi connectivity index (χ1n) is 5.56. The SMILES string of the molecule is Nc1nc2c(Cl)cccc2n1-c1cc(Cl)c(F)c(Cl)c1.